The third-order valence-corrected chi connectivity index (χ3v) is 4.01. The summed E-state index contributed by atoms with van der Waals surface area (Å²) in [7, 11) is 1.71. The van der Waals surface area contributed by atoms with Crippen LogP contribution >= 0.6 is 12.4 Å². The number of methoxy groups -OCH3 is 1. The Bertz CT molecular complexity index is 627. The Morgan fingerprint density at radius 2 is 2.00 bits per heavy atom. The molecule has 5 heteroatoms. The molecule has 0 unspecified atom stereocenters. The van der Waals surface area contributed by atoms with E-state index in [9.17, 15) is 0 Å². The van der Waals surface area contributed by atoms with Crippen LogP contribution in [0.5, 0.6) is 5.75 Å². The number of hydrogen-bond acceptors (Lipinski definition) is 4. The van der Waals surface area contributed by atoms with Crippen molar-refractivity contribution in [3.8, 4) is 5.75 Å². The predicted octanol–water partition coefficient (Wildman–Crippen LogP) is 3.03. The fourth-order valence-corrected chi connectivity index (χ4v) is 2.92. The van der Waals surface area contributed by atoms with Crippen molar-refractivity contribution in [1.29, 1.82) is 0 Å². The van der Waals surface area contributed by atoms with E-state index in [-0.39, 0.29) is 12.4 Å². The molecule has 1 aliphatic rings. The summed E-state index contributed by atoms with van der Waals surface area (Å²) in [4.78, 5) is 7.26. The van der Waals surface area contributed by atoms with Crippen molar-refractivity contribution in [2.45, 2.75) is 19.8 Å². The minimum Gasteiger partial charge on any atom is -0.497 e. The minimum atomic E-state index is 0. The highest BCUT2D eigenvalue weighted by Gasteiger charge is 2.15. The zero-order valence-electron chi connectivity index (χ0n) is 13.3. The van der Waals surface area contributed by atoms with E-state index in [1.54, 1.807) is 7.11 Å². The van der Waals surface area contributed by atoms with Crippen molar-refractivity contribution >= 4 is 29.0 Å². The van der Waals surface area contributed by atoms with Gasteiger partial charge in [-0.1, -0.05) is 13.3 Å². The van der Waals surface area contributed by atoms with Gasteiger partial charge in [-0.05, 0) is 30.7 Å². The summed E-state index contributed by atoms with van der Waals surface area (Å²) in [6, 6.07) is 8.43. The van der Waals surface area contributed by atoms with E-state index in [1.165, 1.54) is 16.8 Å². The van der Waals surface area contributed by atoms with E-state index in [0.29, 0.717) is 0 Å². The first kappa shape index (κ1) is 16.8. The largest absolute Gasteiger partial charge is 0.497 e. The molecule has 0 bridgehead atoms. The van der Waals surface area contributed by atoms with E-state index in [1.807, 2.05) is 6.07 Å². The number of piperazine rings is 1. The summed E-state index contributed by atoms with van der Waals surface area (Å²) in [5.41, 5.74) is 3.54. The lowest BCUT2D eigenvalue weighted by Crippen LogP contribution is -2.43. The first-order valence-electron chi connectivity index (χ1n) is 7.75. The van der Waals surface area contributed by atoms with Gasteiger partial charge in [-0.15, -0.1) is 12.4 Å². The number of ether oxygens (including phenoxy) is 1. The van der Waals surface area contributed by atoms with Crippen molar-refractivity contribution in [3.63, 3.8) is 0 Å². The molecule has 0 amide bonds. The molecule has 1 saturated heterocycles. The second kappa shape index (κ2) is 7.65. The number of nitrogens with one attached hydrogen (secondary N) is 1. The number of nitrogens with zero attached hydrogens (tertiary/aromatic N) is 2. The normalized spacial score (nSPS) is 14.7. The van der Waals surface area contributed by atoms with Gasteiger partial charge >= 0.3 is 0 Å². The SMILES string of the molecule is CCCc1cc(N2CCNCC2)c2cc(OC)ccc2n1.Cl. The quantitative estimate of drug-likeness (QED) is 0.939. The number of rotatable bonds is 4. The van der Waals surface area contributed by atoms with Crippen molar-refractivity contribution in [2.75, 3.05) is 38.2 Å². The maximum atomic E-state index is 5.38. The Hall–Kier alpha value is -1.52. The van der Waals surface area contributed by atoms with Gasteiger partial charge in [0.15, 0.2) is 0 Å². The molecule has 3 rings (SSSR count). The molecule has 4 nitrogen and oxygen atoms in total. The van der Waals surface area contributed by atoms with E-state index in [0.717, 1.165) is 50.3 Å². The monoisotopic (exact) mass is 321 g/mol. The molecule has 1 aliphatic heterocycles. The number of pyridine rings is 1. The molecule has 120 valence electrons. The van der Waals surface area contributed by atoms with Gasteiger partial charge in [0.05, 0.1) is 12.6 Å². The predicted molar refractivity (Wildman–Crippen MR) is 94.6 cm³/mol. The molecule has 22 heavy (non-hydrogen) atoms. The summed E-state index contributed by atoms with van der Waals surface area (Å²) >= 11 is 0. The van der Waals surface area contributed by atoms with Crippen molar-refractivity contribution in [2.24, 2.45) is 0 Å². The highest BCUT2D eigenvalue weighted by atomic mass is 35.5. The second-order valence-electron chi connectivity index (χ2n) is 5.50. The summed E-state index contributed by atoms with van der Waals surface area (Å²) in [5, 5.41) is 4.60. The average Bonchev–Trinajstić information content (AvgIpc) is 2.55. The maximum absolute atomic E-state index is 5.38. The van der Waals surface area contributed by atoms with Crippen LogP contribution in [0.4, 0.5) is 5.69 Å². The Balaban J connectivity index is 0.00000176. The third-order valence-electron chi connectivity index (χ3n) is 4.01. The van der Waals surface area contributed by atoms with Crippen LogP contribution in [0.3, 0.4) is 0 Å². The van der Waals surface area contributed by atoms with Gasteiger partial charge in [0.1, 0.15) is 5.75 Å². The number of aromatic nitrogens is 1. The summed E-state index contributed by atoms with van der Waals surface area (Å²) in [5.74, 6) is 0.893. The van der Waals surface area contributed by atoms with Crippen LogP contribution < -0.4 is 15.0 Å². The molecule has 2 aromatic rings. The first-order valence-corrected chi connectivity index (χ1v) is 7.75. The fourth-order valence-electron chi connectivity index (χ4n) is 2.92. The smallest absolute Gasteiger partial charge is 0.119 e. The van der Waals surface area contributed by atoms with Gasteiger partial charge in [0.2, 0.25) is 0 Å². The number of hydrogen-bond donors (Lipinski definition) is 1. The molecule has 0 atom stereocenters. The summed E-state index contributed by atoms with van der Waals surface area (Å²) < 4.78 is 5.38. The van der Waals surface area contributed by atoms with E-state index in [2.05, 4.69) is 35.3 Å². The number of benzene rings is 1. The zero-order valence-corrected chi connectivity index (χ0v) is 14.1. The van der Waals surface area contributed by atoms with Crippen LogP contribution in [-0.2, 0) is 6.42 Å². The van der Waals surface area contributed by atoms with Crippen LogP contribution in [-0.4, -0.2) is 38.3 Å². The molecule has 1 fully saturated rings. The molecule has 0 spiro atoms. The maximum Gasteiger partial charge on any atom is 0.119 e. The van der Waals surface area contributed by atoms with E-state index in [4.69, 9.17) is 9.72 Å². The fraction of sp³-hybridized carbons (Fsp3) is 0.471. The van der Waals surface area contributed by atoms with Gasteiger partial charge in [-0.2, -0.15) is 0 Å². The summed E-state index contributed by atoms with van der Waals surface area (Å²) in [6.07, 6.45) is 2.15. The van der Waals surface area contributed by atoms with Gasteiger partial charge < -0.3 is 15.0 Å². The lowest BCUT2D eigenvalue weighted by molar-refractivity contribution is 0.415. The number of aryl methyl sites for hydroxylation is 1. The lowest BCUT2D eigenvalue weighted by Gasteiger charge is -2.30. The average molecular weight is 322 g/mol. The standard InChI is InChI=1S/C17H23N3O.ClH/c1-3-4-13-11-17(20-9-7-18-8-10-20)15-12-14(21-2)5-6-16(15)19-13;/h5-6,11-12,18H,3-4,7-10H2,1-2H3;1H. The van der Waals surface area contributed by atoms with Gasteiger partial charge in [0.25, 0.3) is 0 Å². The third kappa shape index (κ3) is 3.45. The number of anilines is 1. The molecule has 1 aromatic heterocycles. The van der Waals surface area contributed by atoms with Crippen molar-refractivity contribution in [3.05, 3.63) is 30.0 Å². The molecule has 0 saturated carbocycles. The first-order chi connectivity index (χ1) is 10.3. The van der Waals surface area contributed by atoms with Crippen LogP contribution in [0.1, 0.15) is 19.0 Å². The topological polar surface area (TPSA) is 37.4 Å². The highest BCUT2D eigenvalue weighted by molar-refractivity contribution is 5.93. The zero-order chi connectivity index (χ0) is 14.7. The Morgan fingerprint density at radius 1 is 1.23 bits per heavy atom. The molecular formula is C17H24ClN3O. The van der Waals surface area contributed by atoms with Crippen LogP contribution in [0.2, 0.25) is 0 Å². The molecular weight excluding hydrogens is 298 g/mol. The van der Waals surface area contributed by atoms with Gasteiger partial charge in [-0.25, -0.2) is 0 Å². The Labute approximate surface area is 138 Å². The second-order valence-corrected chi connectivity index (χ2v) is 5.50. The van der Waals surface area contributed by atoms with Gasteiger partial charge in [0, 0.05) is 42.9 Å². The van der Waals surface area contributed by atoms with Crippen LogP contribution in [0.15, 0.2) is 24.3 Å². The molecule has 0 radical (unpaired) electrons. The molecule has 2 heterocycles. The minimum absolute atomic E-state index is 0. The van der Waals surface area contributed by atoms with Gasteiger partial charge in [-0.3, -0.25) is 4.98 Å². The van der Waals surface area contributed by atoms with E-state index >= 15 is 0 Å². The van der Waals surface area contributed by atoms with Crippen molar-refractivity contribution in [1.82, 2.24) is 10.3 Å². The Morgan fingerprint density at radius 3 is 2.68 bits per heavy atom. The molecule has 1 aromatic carbocycles. The molecule has 0 aliphatic carbocycles. The van der Waals surface area contributed by atoms with Crippen LogP contribution in [0, 0.1) is 0 Å². The van der Waals surface area contributed by atoms with Crippen LogP contribution in [0.25, 0.3) is 10.9 Å². The number of fused-ring (bicyclic) bond motifs is 1. The summed E-state index contributed by atoms with van der Waals surface area (Å²) in [6.45, 7) is 6.36. The highest BCUT2D eigenvalue weighted by Crippen LogP contribution is 2.30. The number of halogens is 1. The van der Waals surface area contributed by atoms with Crippen molar-refractivity contribution < 1.29 is 4.74 Å². The Kier molecular flexibility index (Phi) is 5.86. The molecule has 1 N–H and O–H groups in total. The lowest BCUT2D eigenvalue weighted by atomic mass is 10.1. The van der Waals surface area contributed by atoms with E-state index < -0.39 is 0 Å².